The average Bonchev–Trinajstić information content (AvgIpc) is 3.12. The van der Waals surface area contributed by atoms with Crippen molar-refractivity contribution in [2.45, 2.75) is 4.90 Å². The first-order valence-electron chi connectivity index (χ1n) is 7.50. The molecule has 0 saturated carbocycles. The highest BCUT2D eigenvalue weighted by Crippen LogP contribution is 2.29. The van der Waals surface area contributed by atoms with Gasteiger partial charge < -0.3 is 10.3 Å². The molecule has 0 fully saturated rings. The van der Waals surface area contributed by atoms with E-state index in [1.54, 1.807) is 36.5 Å². The molecule has 0 aliphatic carbocycles. The Labute approximate surface area is 143 Å². The molecule has 0 atom stereocenters. The molecule has 1 aromatic heterocycles. The van der Waals surface area contributed by atoms with Crippen LogP contribution < -0.4 is 5.32 Å². The number of rotatable bonds is 3. The number of H-pyrrole nitrogens is 1. The van der Waals surface area contributed by atoms with Crippen LogP contribution in [0, 0.1) is 0 Å². The lowest BCUT2D eigenvalue weighted by Gasteiger charge is -2.14. The van der Waals surface area contributed by atoms with E-state index < -0.39 is 28.4 Å². The molecule has 2 aromatic carbocycles. The van der Waals surface area contributed by atoms with Crippen LogP contribution in [0.25, 0.3) is 10.9 Å². The molecular weight excluding hydrogens is 342 g/mol. The molecule has 0 bridgehead atoms. The number of aromatic amines is 1. The first kappa shape index (κ1) is 15.4. The van der Waals surface area contributed by atoms with Crippen molar-refractivity contribution in [3.63, 3.8) is 0 Å². The molecule has 4 rings (SSSR count). The fourth-order valence-corrected chi connectivity index (χ4v) is 4.37. The maximum Gasteiger partial charge on any atom is 0.269 e. The van der Waals surface area contributed by atoms with Gasteiger partial charge in [-0.2, -0.15) is 0 Å². The van der Waals surface area contributed by atoms with Crippen molar-refractivity contribution in [1.82, 2.24) is 9.29 Å². The van der Waals surface area contributed by atoms with Crippen LogP contribution in [0.5, 0.6) is 0 Å². The molecule has 2 N–H and O–H groups in total. The molecule has 3 aromatic rings. The Balaban J connectivity index is 1.56. The van der Waals surface area contributed by atoms with E-state index in [0.717, 1.165) is 10.9 Å². The molecule has 1 aliphatic rings. The largest absolute Gasteiger partial charge is 0.361 e. The lowest BCUT2D eigenvalue weighted by atomic mass is 10.2. The van der Waals surface area contributed by atoms with Crippen molar-refractivity contribution < 1.29 is 18.0 Å². The summed E-state index contributed by atoms with van der Waals surface area (Å²) in [4.78, 5) is 27.5. The second-order valence-corrected chi connectivity index (χ2v) is 7.47. The monoisotopic (exact) mass is 355 g/mol. The van der Waals surface area contributed by atoms with Crippen LogP contribution in [0.2, 0.25) is 0 Å². The standard InChI is InChI=1S/C17H13N3O4S/c21-16(19-12-5-6-14-11(9-12)7-8-18-14)10-20-17(22)13-3-1-2-4-15(13)25(20,23)24/h1-9,18H,10H2,(H,19,21). The quantitative estimate of drug-likeness (QED) is 0.750. The first-order valence-corrected chi connectivity index (χ1v) is 8.94. The third kappa shape index (κ3) is 2.47. The van der Waals surface area contributed by atoms with E-state index in [1.807, 2.05) is 6.07 Å². The normalized spacial score (nSPS) is 15.4. The molecule has 2 amide bonds. The van der Waals surface area contributed by atoms with Gasteiger partial charge in [-0.3, -0.25) is 9.59 Å². The summed E-state index contributed by atoms with van der Waals surface area (Å²) in [5, 5.41) is 3.54. The van der Waals surface area contributed by atoms with Crippen LogP contribution in [0.4, 0.5) is 5.69 Å². The van der Waals surface area contributed by atoms with Crippen molar-refractivity contribution >= 4 is 38.4 Å². The third-order valence-electron chi connectivity index (χ3n) is 4.04. The van der Waals surface area contributed by atoms with E-state index >= 15 is 0 Å². The van der Waals surface area contributed by atoms with Gasteiger partial charge in [0.2, 0.25) is 5.91 Å². The number of aromatic nitrogens is 1. The molecule has 0 radical (unpaired) electrons. The summed E-state index contributed by atoms with van der Waals surface area (Å²) in [5.74, 6) is -1.27. The molecule has 0 unspecified atom stereocenters. The zero-order valence-corrected chi connectivity index (χ0v) is 13.7. The van der Waals surface area contributed by atoms with E-state index in [4.69, 9.17) is 0 Å². The number of hydrogen-bond donors (Lipinski definition) is 2. The fraction of sp³-hybridized carbons (Fsp3) is 0.0588. The molecule has 25 heavy (non-hydrogen) atoms. The lowest BCUT2D eigenvalue weighted by Crippen LogP contribution is -2.37. The minimum atomic E-state index is -3.99. The number of nitrogens with zero attached hydrogens (tertiary/aromatic N) is 1. The van der Waals surface area contributed by atoms with Crippen molar-refractivity contribution in [1.29, 1.82) is 0 Å². The van der Waals surface area contributed by atoms with E-state index in [0.29, 0.717) is 9.99 Å². The predicted molar refractivity (Wildman–Crippen MR) is 91.6 cm³/mol. The van der Waals surface area contributed by atoms with Crippen LogP contribution in [0.1, 0.15) is 10.4 Å². The van der Waals surface area contributed by atoms with E-state index in [9.17, 15) is 18.0 Å². The van der Waals surface area contributed by atoms with Crippen molar-refractivity contribution in [2.75, 3.05) is 11.9 Å². The summed E-state index contributed by atoms with van der Waals surface area (Å²) in [5.41, 5.74) is 1.54. The molecular formula is C17H13N3O4S. The summed E-state index contributed by atoms with van der Waals surface area (Å²) in [6.45, 7) is -0.568. The number of carbonyl (C=O) groups is 2. The molecule has 8 heteroatoms. The molecule has 126 valence electrons. The summed E-state index contributed by atoms with van der Waals surface area (Å²) in [6, 6.07) is 13.0. The van der Waals surface area contributed by atoms with Crippen LogP contribution in [0.15, 0.2) is 59.6 Å². The molecule has 7 nitrogen and oxygen atoms in total. The van der Waals surface area contributed by atoms with Crippen LogP contribution in [0.3, 0.4) is 0 Å². The molecule has 1 aliphatic heterocycles. The highest BCUT2D eigenvalue weighted by atomic mass is 32.2. The second-order valence-electron chi connectivity index (χ2n) is 5.64. The highest BCUT2D eigenvalue weighted by molar-refractivity contribution is 7.90. The number of fused-ring (bicyclic) bond motifs is 2. The Morgan fingerprint density at radius 1 is 1.12 bits per heavy atom. The van der Waals surface area contributed by atoms with E-state index in [-0.39, 0.29) is 10.5 Å². The van der Waals surface area contributed by atoms with Gasteiger partial charge in [0.1, 0.15) is 11.4 Å². The van der Waals surface area contributed by atoms with Crippen molar-refractivity contribution in [2.24, 2.45) is 0 Å². The van der Waals surface area contributed by atoms with Gasteiger partial charge in [0.05, 0.1) is 5.56 Å². The van der Waals surface area contributed by atoms with Gasteiger partial charge in [0.15, 0.2) is 0 Å². The number of benzene rings is 2. The summed E-state index contributed by atoms with van der Waals surface area (Å²) in [6.07, 6.45) is 1.78. The van der Waals surface area contributed by atoms with Gasteiger partial charge in [-0.15, -0.1) is 0 Å². The number of nitrogens with one attached hydrogen (secondary N) is 2. The number of carbonyl (C=O) groups excluding carboxylic acids is 2. The van der Waals surface area contributed by atoms with Gasteiger partial charge >= 0.3 is 0 Å². The van der Waals surface area contributed by atoms with E-state index in [2.05, 4.69) is 10.3 Å². The van der Waals surface area contributed by atoms with Gasteiger partial charge in [0.25, 0.3) is 15.9 Å². The minimum absolute atomic E-state index is 0.0680. The maximum absolute atomic E-state index is 12.4. The van der Waals surface area contributed by atoms with Gasteiger partial charge in [-0.25, -0.2) is 12.7 Å². The summed E-state index contributed by atoms with van der Waals surface area (Å²) < 4.78 is 25.5. The zero-order valence-electron chi connectivity index (χ0n) is 12.9. The summed E-state index contributed by atoms with van der Waals surface area (Å²) >= 11 is 0. The van der Waals surface area contributed by atoms with Gasteiger partial charge in [-0.1, -0.05) is 12.1 Å². The van der Waals surface area contributed by atoms with Gasteiger partial charge in [-0.05, 0) is 36.4 Å². The fourth-order valence-electron chi connectivity index (χ4n) is 2.85. The van der Waals surface area contributed by atoms with Gasteiger partial charge in [0, 0.05) is 22.8 Å². The SMILES string of the molecule is O=C(CN1C(=O)c2ccccc2S1(=O)=O)Nc1ccc2[nH]ccc2c1. The Hall–Kier alpha value is -3.13. The Bertz CT molecular complexity index is 1120. The van der Waals surface area contributed by atoms with E-state index in [1.165, 1.54) is 12.1 Å². The number of sulfonamides is 1. The number of anilines is 1. The Kier molecular flexibility index (Phi) is 3.36. The van der Waals surface area contributed by atoms with Crippen molar-refractivity contribution in [3.8, 4) is 0 Å². The lowest BCUT2D eigenvalue weighted by molar-refractivity contribution is -0.116. The zero-order chi connectivity index (χ0) is 17.6. The number of amides is 2. The number of hydrogen-bond acceptors (Lipinski definition) is 4. The first-order chi connectivity index (χ1) is 12.0. The predicted octanol–water partition coefficient (Wildman–Crippen LogP) is 1.95. The minimum Gasteiger partial charge on any atom is -0.361 e. The second kappa shape index (κ2) is 5.45. The summed E-state index contributed by atoms with van der Waals surface area (Å²) in [7, 11) is -3.99. The smallest absolute Gasteiger partial charge is 0.269 e. The van der Waals surface area contributed by atoms with Crippen LogP contribution >= 0.6 is 0 Å². The third-order valence-corrected chi connectivity index (χ3v) is 5.82. The molecule has 0 spiro atoms. The molecule has 0 saturated heterocycles. The highest BCUT2D eigenvalue weighted by Gasteiger charge is 2.41. The maximum atomic E-state index is 12.4. The van der Waals surface area contributed by atoms with Crippen LogP contribution in [-0.4, -0.2) is 36.1 Å². The molecule has 2 heterocycles. The van der Waals surface area contributed by atoms with Crippen LogP contribution in [-0.2, 0) is 14.8 Å². The Morgan fingerprint density at radius 3 is 2.72 bits per heavy atom. The topological polar surface area (TPSA) is 99.3 Å². The van der Waals surface area contributed by atoms with Crippen molar-refractivity contribution in [3.05, 3.63) is 60.3 Å². The average molecular weight is 355 g/mol. The Morgan fingerprint density at radius 2 is 1.92 bits per heavy atom.